The third kappa shape index (κ3) is 9.84. The second-order valence-electron chi connectivity index (χ2n) is 11.5. The van der Waals surface area contributed by atoms with E-state index in [0.717, 1.165) is 22.8 Å². The van der Waals surface area contributed by atoms with Gasteiger partial charge in [-0.05, 0) is 68.9 Å². The molecule has 4 rings (SSSR count). The molecule has 0 aliphatic rings. The van der Waals surface area contributed by atoms with Gasteiger partial charge in [0.15, 0.2) is 14.8 Å². The first kappa shape index (κ1) is 37.9. The van der Waals surface area contributed by atoms with E-state index < -0.39 is 14.8 Å². The van der Waals surface area contributed by atoms with E-state index in [9.17, 15) is 0 Å². The van der Waals surface area contributed by atoms with Crippen molar-refractivity contribution < 1.29 is 12.9 Å². The minimum absolute atomic E-state index is 0.382. The number of aromatic nitrogens is 4. The van der Waals surface area contributed by atoms with Gasteiger partial charge in [0.2, 0.25) is 0 Å². The summed E-state index contributed by atoms with van der Waals surface area (Å²) in [4.78, 5) is 17.8. The molecule has 0 atom stereocenters. The molecule has 43 heavy (non-hydrogen) atoms. The van der Waals surface area contributed by atoms with E-state index in [2.05, 4.69) is 87.5 Å². The first-order chi connectivity index (χ1) is 20.3. The number of hydrogen-bond acceptors (Lipinski definition) is 4. The summed E-state index contributed by atoms with van der Waals surface area (Å²) in [6, 6.07) is 20.0. The summed E-state index contributed by atoms with van der Waals surface area (Å²) in [5, 5.41) is 2.42. The van der Waals surface area contributed by atoms with Gasteiger partial charge in [0.05, 0.1) is 22.8 Å². The van der Waals surface area contributed by atoms with Crippen molar-refractivity contribution >= 4 is 67.6 Å². The van der Waals surface area contributed by atoms with Crippen LogP contribution in [0.3, 0.4) is 0 Å². The van der Waals surface area contributed by atoms with Crippen molar-refractivity contribution in [3.8, 4) is 22.8 Å². The van der Waals surface area contributed by atoms with Crippen LogP contribution in [0.2, 0.25) is 22.2 Å². The van der Waals surface area contributed by atoms with Crippen LogP contribution in [0.1, 0.15) is 55.4 Å². The number of hydrogen-bond donors (Lipinski definition) is 0. The monoisotopic (exact) mass is 737 g/mol. The number of rotatable bonds is 8. The average Bonchev–Trinajstić information content (AvgIpc) is 3.01. The van der Waals surface area contributed by atoms with Crippen molar-refractivity contribution in [1.82, 2.24) is 19.9 Å². The van der Waals surface area contributed by atoms with Gasteiger partial charge < -0.3 is 0 Å². The van der Waals surface area contributed by atoms with Gasteiger partial charge in [0.1, 0.15) is 0 Å². The molecule has 0 aliphatic heterocycles. The van der Waals surface area contributed by atoms with E-state index in [-0.39, 0.29) is 0 Å². The molecule has 0 amide bonds. The normalized spacial score (nSPS) is 11.8. The fraction of sp³-hybridized carbons (Fsp3) is 0.375. The Hall–Kier alpha value is -1.30. The van der Waals surface area contributed by atoms with Gasteiger partial charge in [-0.1, -0.05) is 79.7 Å². The Morgan fingerprint density at radius 3 is 1.00 bits per heavy atom. The topological polar surface area (TPSA) is 51.6 Å². The molecule has 0 aromatic carbocycles. The third-order valence-electron chi connectivity index (χ3n) is 7.63. The van der Waals surface area contributed by atoms with E-state index in [1.807, 2.05) is 60.9 Å². The Balaban J connectivity index is 0.000000275. The fourth-order valence-corrected chi connectivity index (χ4v) is 12.4. The molecule has 4 aromatic rings. The van der Waals surface area contributed by atoms with Crippen molar-refractivity contribution in [3.63, 3.8) is 0 Å². The van der Waals surface area contributed by atoms with Crippen LogP contribution in [-0.2, 0) is 12.9 Å². The summed E-state index contributed by atoms with van der Waals surface area (Å²) < 4.78 is 0. The van der Waals surface area contributed by atoms with E-state index in [4.69, 9.17) is 42.5 Å². The molecule has 0 radical (unpaired) electrons. The summed E-state index contributed by atoms with van der Waals surface area (Å²) in [6.07, 6.45) is 7.47. The maximum absolute atomic E-state index is 7.02. The molecule has 0 bridgehead atoms. The predicted molar refractivity (Wildman–Crippen MR) is 190 cm³/mol. The van der Waals surface area contributed by atoms with E-state index >= 15 is 0 Å². The summed E-state index contributed by atoms with van der Waals surface area (Å²) in [5.74, 6) is 0. The van der Waals surface area contributed by atoms with Crippen molar-refractivity contribution in [1.29, 1.82) is 0 Å². The van der Waals surface area contributed by atoms with Crippen LogP contribution in [0.5, 0.6) is 0 Å². The van der Waals surface area contributed by atoms with Crippen LogP contribution < -0.4 is 10.4 Å². The number of halogens is 4. The Morgan fingerprint density at radius 2 is 0.791 bits per heavy atom. The molecule has 0 spiro atoms. The quantitative estimate of drug-likeness (QED) is 0.133. The van der Waals surface area contributed by atoms with Crippen LogP contribution >= 0.6 is 42.5 Å². The molecule has 4 heterocycles. The number of nitrogens with zero attached hydrogens (tertiary/aromatic N) is 4. The Labute approximate surface area is 284 Å². The molecular weight excluding hydrogens is 697 g/mol. The van der Waals surface area contributed by atoms with Crippen LogP contribution in [0.15, 0.2) is 85.5 Å². The molecule has 235 valence electrons. The van der Waals surface area contributed by atoms with Gasteiger partial charge in [-0.2, -0.15) is 22.2 Å². The van der Waals surface area contributed by atoms with Crippen LogP contribution in [0.25, 0.3) is 22.8 Å². The second-order valence-corrected chi connectivity index (χ2v) is 25.8. The molecule has 0 saturated carbocycles. The number of pyridine rings is 4. The molecule has 0 fully saturated rings. The summed E-state index contributed by atoms with van der Waals surface area (Å²) in [7, 11) is 5.44. The molecule has 4 aromatic heterocycles. The van der Waals surface area contributed by atoms with E-state index in [0.29, 0.717) is 35.1 Å². The standard InChI is InChI=1S/2C16H21ClN2Si.2ClH.Co/c2*1-12(2)20(17,13(3)4)14-8-9-16(19-11-14)15-7-5-6-10-18-15;;;/h2*5-13H,1-4H3;2*1H;/q;;;;+2/p-2. The molecule has 0 saturated heterocycles. The second kappa shape index (κ2) is 18.0. The average molecular weight is 740 g/mol. The van der Waals surface area contributed by atoms with Gasteiger partial charge in [-0.15, -0.1) is 0 Å². The molecule has 0 aliphatic carbocycles. The van der Waals surface area contributed by atoms with Crippen LogP contribution in [-0.4, -0.2) is 34.7 Å². The molecule has 0 N–H and O–H groups in total. The summed E-state index contributed by atoms with van der Waals surface area (Å²) in [5.41, 5.74) is 5.51. The first-order valence-corrected chi connectivity index (χ1v) is 23.5. The molecule has 4 nitrogen and oxygen atoms in total. The van der Waals surface area contributed by atoms with Crippen molar-refractivity contribution in [2.24, 2.45) is 0 Å². The Bertz CT molecular complexity index is 1220. The summed E-state index contributed by atoms with van der Waals surface area (Å²) in [6.45, 7) is 17.7. The van der Waals surface area contributed by atoms with Gasteiger partial charge in [-0.25, -0.2) is 0 Å². The zero-order chi connectivity index (χ0) is 32.2. The minimum atomic E-state index is -2.01. The van der Waals surface area contributed by atoms with Crippen molar-refractivity contribution in [2.45, 2.75) is 77.6 Å². The Kier molecular flexibility index (Phi) is 15.9. The van der Waals surface area contributed by atoms with E-state index in [1.165, 1.54) is 10.4 Å². The van der Waals surface area contributed by atoms with Crippen LogP contribution in [0, 0.1) is 0 Å². The van der Waals surface area contributed by atoms with Crippen LogP contribution in [0.4, 0.5) is 0 Å². The van der Waals surface area contributed by atoms with Gasteiger partial charge in [0.25, 0.3) is 0 Å². The van der Waals surface area contributed by atoms with Gasteiger partial charge in [0, 0.05) is 24.8 Å². The van der Waals surface area contributed by atoms with Crippen molar-refractivity contribution in [3.05, 3.63) is 85.5 Å². The molecule has 0 unspecified atom stereocenters. The SMILES string of the molecule is CC(C)[Si](Cl)(c1ccc(-c2ccccn2)nc1)C(C)C.CC(C)[Si](Cl)(c1ccc(-c2ccccn2)nc1)C(C)C.[Cl][Co][Cl]. The summed E-state index contributed by atoms with van der Waals surface area (Å²) >= 11 is 14.4. The zero-order valence-corrected chi connectivity index (χ0v) is 32.1. The van der Waals surface area contributed by atoms with Gasteiger partial charge in [-0.3, -0.25) is 19.9 Å². The van der Waals surface area contributed by atoms with E-state index in [1.54, 1.807) is 12.4 Å². The predicted octanol–water partition coefficient (Wildman–Crippen LogP) is 10.1. The zero-order valence-electron chi connectivity index (χ0n) is 26.0. The third-order valence-corrected chi connectivity index (χ3v) is 23.3. The van der Waals surface area contributed by atoms with Gasteiger partial charge >= 0.3 is 33.2 Å². The molecule has 11 heteroatoms. The Morgan fingerprint density at radius 1 is 0.488 bits per heavy atom. The fourth-order valence-electron chi connectivity index (χ4n) is 5.24. The maximum atomic E-state index is 7.02. The van der Waals surface area contributed by atoms with Crippen molar-refractivity contribution in [2.75, 3.05) is 0 Å². The first-order valence-electron chi connectivity index (χ1n) is 14.3. The molecular formula is C32H42Cl4CoN4Si2.